The van der Waals surface area contributed by atoms with E-state index in [2.05, 4.69) is 16.0 Å². The van der Waals surface area contributed by atoms with Gasteiger partial charge in [-0.25, -0.2) is 0 Å². The molecular formula is C19H28N4O5. The van der Waals surface area contributed by atoms with Gasteiger partial charge in [0.05, 0.1) is 6.04 Å². The Balaban J connectivity index is 2.60. The molecule has 0 radical (unpaired) electrons. The summed E-state index contributed by atoms with van der Waals surface area (Å²) in [5.74, 6) is -3.12. The van der Waals surface area contributed by atoms with Crippen molar-refractivity contribution in [2.45, 2.75) is 45.3 Å². The maximum Gasteiger partial charge on any atom is 0.322 e. The first-order valence-corrected chi connectivity index (χ1v) is 9.01. The fourth-order valence-corrected chi connectivity index (χ4v) is 2.43. The monoisotopic (exact) mass is 392 g/mol. The number of nitrogens with two attached hydrogens (primary N) is 1. The summed E-state index contributed by atoms with van der Waals surface area (Å²) in [5.41, 5.74) is 6.80. The van der Waals surface area contributed by atoms with Gasteiger partial charge in [-0.1, -0.05) is 44.2 Å². The number of carbonyl (C=O) groups excluding carboxylic acids is 3. The molecular weight excluding hydrogens is 364 g/mol. The van der Waals surface area contributed by atoms with Crippen LogP contribution in [-0.4, -0.2) is 53.5 Å². The van der Waals surface area contributed by atoms with Gasteiger partial charge in [0.25, 0.3) is 0 Å². The first-order chi connectivity index (χ1) is 13.1. The molecule has 3 amide bonds. The Morgan fingerprint density at radius 2 is 1.57 bits per heavy atom. The Morgan fingerprint density at radius 3 is 2.11 bits per heavy atom. The lowest BCUT2D eigenvalue weighted by Gasteiger charge is -2.24. The highest BCUT2D eigenvalue weighted by Crippen LogP contribution is 2.04. The van der Waals surface area contributed by atoms with Gasteiger partial charge < -0.3 is 26.8 Å². The molecule has 0 aliphatic heterocycles. The molecule has 0 spiro atoms. The minimum Gasteiger partial charge on any atom is -0.480 e. The van der Waals surface area contributed by atoms with Crippen LogP contribution in [0, 0.1) is 5.92 Å². The van der Waals surface area contributed by atoms with E-state index in [1.807, 2.05) is 30.3 Å². The normalized spacial score (nSPS) is 13.9. The molecule has 1 aromatic rings. The molecule has 0 saturated heterocycles. The molecule has 0 aromatic heterocycles. The average Bonchev–Trinajstić information content (AvgIpc) is 2.64. The fourth-order valence-electron chi connectivity index (χ4n) is 2.43. The number of amides is 3. The standard InChI is InChI=1S/C19H28N4O5/c1-11(2)16(19(28)21-10-15(24)25)23-17(26)12(3)22-18(27)14(20)9-13-7-5-4-6-8-13/h4-8,11-12,14,16H,9-10,20H2,1-3H3,(H,21,28)(H,22,27)(H,23,26)(H,24,25). The maximum atomic E-state index is 12.4. The van der Waals surface area contributed by atoms with Crippen LogP contribution in [0.4, 0.5) is 0 Å². The van der Waals surface area contributed by atoms with E-state index in [1.54, 1.807) is 13.8 Å². The van der Waals surface area contributed by atoms with Crippen LogP contribution in [0.2, 0.25) is 0 Å². The summed E-state index contributed by atoms with van der Waals surface area (Å²) >= 11 is 0. The molecule has 3 atom stereocenters. The van der Waals surface area contributed by atoms with Crippen molar-refractivity contribution in [1.82, 2.24) is 16.0 Å². The quantitative estimate of drug-likeness (QED) is 0.359. The van der Waals surface area contributed by atoms with Crippen molar-refractivity contribution >= 4 is 23.7 Å². The maximum absolute atomic E-state index is 12.4. The highest BCUT2D eigenvalue weighted by molar-refractivity contribution is 5.93. The summed E-state index contributed by atoms with van der Waals surface area (Å²) in [5, 5.41) is 15.9. The van der Waals surface area contributed by atoms with Crippen molar-refractivity contribution in [3.8, 4) is 0 Å². The number of hydrogen-bond donors (Lipinski definition) is 5. The molecule has 3 unspecified atom stereocenters. The predicted molar refractivity (Wildman–Crippen MR) is 103 cm³/mol. The summed E-state index contributed by atoms with van der Waals surface area (Å²) in [6, 6.07) is 6.59. The van der Waals surface area contributed by atoms with Gasteiger partial charge in [-0.2, -0.15) is 0 Å². The van der Waals surface area contributed by atoms with Crippen molar-refractivity contribution < 1.29 is 24.3 Å². The molecule has 154 valence electrons. The van der Waals surface area contributed by atoms with E-state index in [9.17, 15) is 19.2 Å². The molecule has 28 heavy (non-hydrogen) atoms. The Hall–Kier alpha value is -2.94. The van der Waals surface area contributed by atoms with Crippen LogP contribution >= 0.6 is 0 Å². The van der Waals surface area contributed by atoms with Crippen molar-refractivity contribution in [1.29, 1.82) is 0 Å². The van der Waals surface area contributed by atoms with Crippen molar-refractivity contribution in [2.75, 3.05) is 6.54 Å². The molecule has 0 aliphatic rings. The Bertz CT molecular complexity index is 693. The fraction of sp³-hybridized carbons (Fsp3) is 0.474. The first-order valence-electron chi connectivity index (χ1n) is 9.01. The minimum absolute atomic E-state index is 0.277. The number of benzene rings is 1. The van der Waals surface area contributed by atoms with Gasteiger partial charge in [0.2, 0.25) is 17.7 Å². The van der Waals surface area contributed by atoms with Gasteiger partial charge in [0.1, 0.15) is 18.6 Å². The van der Waals surface area contributed by atoms with Gasteiger partial charge in [0, 0.05) is 0 Å². The molecule has 1 aromatic carbocycles. The van der Waals surface area contributed by atoms with E-state index < -0.39 is 48.4 Å². The minimum atomic E-state index is -1.18. The van der Waals surface area contributed by atoms with Crippen LogP contribution < -0.4 is 21.7 Å². The van der Waals surface area contributed by atoms with Gasteiger partial charge in [-0.3, -0.25) is 19.2 Å². The number of nitrogens with one attached hydrogen (secondary N) is 3. The summed E-state index contributed by atoms with van der Waals surface area (Å²) in [7, 11) is 0. The summed E-state index contributed by atoms with van der Waals surface area (Å²) in [4.78, 5) is 47.3. The summed E-state index contributed by atoms with van der Waals surface area (Å²) < 4.78 is 0. The molecule has 0 saturated carbocycles. The second-order valence-corrected chi connectivity index (χ2v) is 6.87. The largest absolute Gasteiger partial charge is 0.480 e. The van der Waals surface area contributed by atoms with Crippen LogP contribution in [0.1, 0.15) is 26.3 Å². The van der Waals surface area contributed by atoms with Crippen LogP contribution in [0.5, 0.6) is 0 Å². The van der Waals surface area contributed by atoms with Crippen LogP contribution in [0.25, 0.3) is 0 Å². The van der Waals surface area contributed by atoms with Gasteiger partial charge >= 0.3 is 5.97 Å². The van der Waals surface area contributed by atoms with E-state index in [1.165, 1.54) is 6.92 Å². The van der Waals surface area contributed by atoms with E-state index >= 15 is 0 Å². The van der Waals surface area contributed by atoms with Crippen molar-refractivity contribution in [3.63, 3.8) is 0 Å². The highest BCUT2D eigenvalue weighted by atomic mass is 16.4. The number of hydrogen-bond acceptors (Lipinski definition) is 5. The zero-order valence-electron chi connectivity index (χ0n) is 16.3. The Labute approximate surface area is 164 Å². The van der Waals surface area contributed by atoms with E-state index in [4.69, 9.17) is 10.8 Å². The molecule has 1 rings (SSSR count). The molecule has 0 fully saturated rings. The lowest BCUT2D eigenvalue weighted by Crippen LogP contribution is -2.56. The number of rotatable bonds is 10. The SMILES string of the molecule is CC(NC(=O)C(N)Cc1ccccc1)C(=O)NC(C(=O)NCC(=O)O)C(C)C. The molecule has 0 heterocycles. The molecule has 9 nitrogen and oxygen atoms in total. The lowest BCUT2D eigenvalue weighted by molar-refractivity contribution is -0.138. The third-order valence-corrected chi connectivity index (χ3v) is 4.05. The predicted octanol–water partition coefficient (Wildman–Crippen LogP) is -0.597. The molecule has 6 N–H and O–H groups in total. The van der Waals surface area contributed by atoms with E-state index in [0.717, 1.165) is 5.56 Å². The Kier molecular flexibility index (Phi) is 9.10. The van der Waals surface area contributed by atoms with Crippen LogP contribution in [0.3, 0.4) is 0 Å². The zero-order chi connectivity index (χ0) is 21.3. The van der Waals surface area contributed by atoms with Gasteiger partial charge in [-0.15, -0.1) is 0 Å². The molecule has 0 bridgehead atoms. The van der Waals surface area contributed by atoms with E-state index in [-0.39, 0.29) is 5.92 Å². The zero-order valence-corrected chi connectivity index (χ0v) is 16.3. The lowest BCUT2D eigenvalue weighted by atomic mass is 10.0. The number of carbonyl (C=O) groups is 4. The summed E-state index contributed by atoms with van der Waals surface area (Å²) in [6.07, 6.45) is 0.327. The van der Waals surface area contributed by atoms with Gasteiger partial charge in [-0.05, 0) is 24.8 Å². The number of carboxylic acids is 1. The third-order valence-electron chi connectivity index (χ3n) is 4.05. The van der Waals surface area contributed by atoms with Crippen molar-refractivity contribution in [2.24, 2.45) is 11.7 Å². The van der Waals surface area contributed by atoms with Crippen LogP contribution in [-0.2, 0) is 25.6 Å². The van der Waals surface area contributed by atoms with Crippen LogP contribution in [0.15, 0.2) is 30.3 Å². The van der Waals surface area contributed by atoms with Crippen molar-refractivity contribution in [3.05, 3.63) is 35.9 Å². The highest BCUT2D eigenvalue weighted by Gasteiger charge is 2.27. The second-order valence-electron chi connectivity index (χ2n) is 6.87. The second kappa shape index (κ2) is 11.0. The smallest absolute Gasteiger partial charge is 0.322 e. The summed E-state index contributed by atoms with van der Waals surface area (Å²) in [6.45, 7) is 4.36. The number of aliphatic carboxylic acids is 1. The number of carboxylic acid groups (broad SMARTS) is 1. The Morgan fingerprint density at radius 1 is 0.964 bits per heavy atom. The van der Waals surface area contributed by atoms with E-state index in [0.29, 0.717) is 6.42 Å². The average molecular weight is 392 g/mol. The topological polar surface area (TPSA) is 151 Å². The molecule has 9 heteroatoms. The third kappa shape index (κ3) is 7.75. The molecule has 0 aliphatic carbocycles. The first kappa shape index (κ1) is 23.1. The van der Waals surface area contributed by atoms with Gasteiger partial charge in [0.15, 0.2) is 0 Å².